The summed E-state index contributed by atoms with van der Waals surface area (Å²) in [6.45, 7) is 1.36. The van der Waals surface area contributed by atoms with E-state index in [0.29, 0.717) is 0 Å². The molecule has 3 N–H and O–H groups in total. The maximum Gasteiger partial charge on any atom is 0.331 e. The topological polar surface area (TPSA) is 112 Å². The molecule has 0 radical (unpaired) electrons. The summed E-state index contributed by atoms with van der Waals surface area (Å²) in [5, 5.41) is 16.8. The first kappa shape index (κ1) is 18.2. The van der Waals surface area contributed by atoms with Crippen LogP contribution in [0.3, 0.4) is 0 Å². The summed E-state index contributed by atoms with van der Waals surface area (Å²) in [6, 6.07) is 8.97. The van der Waals surface area contributed by atoms with Gasteiger partial charge in [0.25, 0.3) is 0 Å². The van der Waals surface area contributed by atoms with Crippen LogP contribution < -0.4 is 0 Å². The van der Waals surface area contributed by atoms with Crippen LogP contribution in [0, 0.1) is 5.92 Å². The molecule has 0 aliphatic heterocycles. The van der Waals surface area contributed by atoms with Gasteiger partial charge in [-0.2, -0.15) is 0 Å². The maximum atomic E-state index is 13.0. The molecule has 24 heavy (non-hydrogen) atoms. The van der Waals surface area contributed by atoms with Crippen molar-refractivity contribution < 1.29 is 29.3 Å². The number of hydrogen-bond acceptors (Lipinski definition) is 3. The largest absolute Gasteiger partial charge is 0.480 e. The Labute approximate surface area is 139 Å². The standard InChI is InChI=1S/C17H19O6P/c1-12-14(15(18)19)8-5-10-17(12,16(20)21)24(22,23)11-9-13-6-3-2-4-7-13/h2-8,10,12H,9,11H2,1H3,(H,18,19)(H,20,21)(H,22,23). The van der Waals surface area contributed by atoms with Crippen molar-refractivity contribution in [1.29, 1.82) is 0 Å². The molecule has 6 nitrogen and oxygen atoms in total. The Kier molecular flexibility index (Phi) is 5.11. The minimum atomic E-state index is -4.24. The molecule has 2 rings (SSSR count). The molecule has 7 heteroatoms. The van der Waals surface area contributed by atoms with Crippen LogP contribution in [0.4, 0.5) is 0 Å². The lowest BCUT2D eigenvalue weighted by Gasteiger charge is -2.38. The molecule has 128 valence electrons. The zero-order valence-electron chi connectivity index (χ0n) is 13.1. The molecular weight excluding hydrogens is 331 g/mol. The van der Waals surface area contributed by atoms with Gasteiger partial charge >= 0.3 is 11.9 Å². The van der Waals surface area contributed by atoms with Gasteiger partial charge in [0.2, 0.25) is 7.37 Å². The number of allylic oxidation sites excluding steroid dienone is 2. The predicted molar refractivity (Wildman–Crippen MR) is 89.2 cm³/mol. The fourth-order valence-electron chi connectivity index (χ4n) is 3.02. The summed E-state index contributed by atoms with van der Waals surface area (Å²) in [4.78, 5) is 33.8. The molecule has 1 aliphatic carbocycles. The fraction of sp³-hybridized carbons (Fsp3) is 0.294. The van der Waals surface area contributed by atoms with E-state index in [1.165, 1.54) is 19.1 Å². The summed E-state index contributed by atoms with van der Waals surface area (Å²) < 4.78 is 13.0. The quantitative estimate of drug-likeness (QED) is 0.680. The maximum absolute atomic E-state index is 13.0. The van der Waals surface area contributed by atoms with Crippen LogP contribution in [0.25, 0.3) is 0 Å². The van der Waals surface area contributed by atoms with Crippen molar-refractivity contribution in [3.05, 3.63) is 59.7 Å². The van der Waals surface area contributed by atoms with Crippen LogP contribution in [0.1, 0.15) is 12.5 Å². The van der Waals surface area contributed by atoms with Gasteiger partial charge < -0.3 is 15.1 Å². The zero-order chi connectivity index (χ0) is 18.0. The van der Waals surface area contributed by atoms with Gasteiger partial charge in [-0.25, -0.2) is 4.79 Å². The van der Waals surface area contributed by atoms with Crippen molar-refractivity contribution in [3.8, 4) is 0 Å². The number of aliphatic carboxylic acids is 2. The number of carbonyl (C=O) groups is 2. The molecule has 0 bridgehead atoms. The monoisotopic (exact) mass is 350 g/mol. The molecule has 0 saturated heterocycles. The van der Waals surface area contributed by atoms with Crippen LogP contribution >= 0.6 is 7.37 Å². The Hall–Kier alpha value is -2.17. The number of rotatable bonds is 6. The van der Waals surface area contributed by atoms with Gasteiger partial charge in [0.1, 0.15) is 0 Å². The summed E-state index contributed by atoms with van der Waals surface area (Å²) in [5.74, 6) is -3.90. The van der Waals surface area contributed by atoms with E-state index < -0.39 is 30.4 Å². The number of benzene rings is 1. The molecule has 1 aromatic rings. The first-order chi connectivity index (χ1) is 11.2. The lowest BCUT2D eigenvalue weighted by atomic mass is 9.82. The first-order valence-electron chi connectivity index (χ1n) is 7.44. The molecule has 0 aromatic heterocycles. The van der Waals surface area contributed by atoms with Gasteiger partial charge in [-0.3, -0.25) is 9.36 Å². The van der Waals surface area contributed by atoms with Crippen LogP contribution in [0.5, 0.6) is 0 Å². The smallest absolute Gasteiger partial charge is 0.331 e. The number of carboxylic acid groups (broad SMARTS) is 2. The van der Waals surface area contributed by atoms with Crippen LogP contribution in [-0.4, -0.2) is 38.4 Å². The normalized spacial score (nSPS) is 25.6. The lowest BCUT2D eigenvalue weighted by molar-refractivity contribution is -0.140. The third-order valence-electron chi connectivity index (χ3n) is 4.47. The van der Waals surface area contributed by atoms with Crippen molar-refractivity contribution >= 4 is 19.3 Å². The Balaban J connectivity index is 2.37. The average Bonchev–Trinajstić information content (AvgIpc) is 2.53. The van der Waals surface area contributed by atoms with Gasteiger partial charge in [-0.05, 0) is 12.0 Å². The van der Waals surface area contributed by atoms with Crippen molar-refractivity contribution in [3.63, 3.8) is 0 Å². The van der Waals surface area contributed by atoms with Crippen LogP contribution in [0.2, 0.25) is 0 Å². The fourth-order valence-corrected chi connectivity index (χ4v) is 5.31. The van der Waals surface area contributed by atoms with Gasteiger partial charge in [0.05, 0.1) is 0 Å². The second-order valence-electron chi connectivity index (χ2n) is 5.80. The number of aryl methyl sites for hydroxylation is 1. The highest BCUT2D eigenvalue weighted by atomic mass is 31.2. The third-order valence-corrected chi connectivity index (χ3v) is 7.18. The molecule has 0 fully saturated rings. The van der Waals surface area contributed by atoms with Crippen molar-refractivity contribution in [2.75, 3.05) is 6.16 Å². The van der Waals surface area contributed by atoms with Gasteiger partial charge in [0.15, 0.2) is 5.16 Å². The number of hydrogen-bond donors (Lipinski definition) is 3. The summed E-state index contributed by atoms with van der Waals surface area (Å²) in [5.41, 5.74) is 0.627. The van der Waals surface area contributed by atoms with E-state index in [9.17, 15) is 29.3 Å². The highest BCUT2D eigenvalue weighted by molar-refractivity contribution is 7.61. The minimum Gasteiger partial charge on any atom is -0.480 e. The molecular formula is C17H19O6P. The second kappa shape index (κ2) is 6.75. The van der Waals surface area contributed by atoms with E-state index in [-0.39, 0.29) is 18.2 Å². The summed E-state index contributed by atoms with van der Waals surface area (Å²) >= 11 is 0. The molecule has 1 aromatic carbocycles. The SMILES string of the molecule is CC1C(C(=O)O)=CC=CC1(C(=O)O)P(=O)(O)CCc1ccccc1. The van der Waals surface area contributed by atoms with E-state index in [1.807, 2.05) is 6.07 Å². The second-order valence-corrected chi connectivity index (χ2v) is 8.39. The summed E-state index contributed by atoms with van der Waals surface area (Å²) in [6.07, 6.45) is 3.65. The lowest BCUT2D eigenvalue weighted by Crippen LogP contribution is -2.46. The van der Waals surface area contributed by atoms with Crippen molar-refractivity contribution in [2.24, 2.45) is 5.92 Å². The average molecular weight is 350 g/mol. The van der Waals surface area contributed by atoms with E-state index in [0.717, 1.165) is 11.6 Å². The molecule has 3 unspecified atom stereocenters. The molecule has 0 saturated carbocycles. The molecule has 0 heterocycles. The van der Waals surface area contributed by atoms with Crippen molar-refractivity contribution in [1.82, 2.24) is 0 Å². The first-order valence-corrected chi connectivity index (χ1v) is 9.29. The summed E-state index contributed by atoms with van der Waals surface area (Å²) in [7, 11) is -4.24. The Morgan fingerprint density at radius 3 is 2.38 bits per heavy atom. The minimum absolute atomic E-state index is 0.186. The Morgan fingerprint density at radius 2 is 1.83 bits per heavy atom. The van der Waals surface area contributed by atoms with Gasteiger partial charge in [-0.15, -0.1) is 0 Å². The van der Waals surface area contributed by atoms with Crippen LogP contribution in [-0.2, 0) is 20.6 Å². The molecule has 1 aliphatic rings. The molecule has 0 spiro atoms. The van der Waals surface area contributed by atoms with Crippen molar-refractivity contribution in [2.45, 2.75) is 18.5 Å². The van der Waals surface area contributed by atoms with E-state index >= 15 is 0 Å². The van der Waals surface area contributed by atoms with E-state index in [1.54, 1.807) is 24.3 Å². The van der Waals surface area contributed by atoms with E-state index in [4.69, 9.17) is 0 Å². The van der Waals surface area contributed by atoms with Crippen LogP contribution in [0.15, 0.2) is 54.1 Å². The predicted octanol–water partition coefficient (Wildman–Crippen LogP) is 2.54. The zero-order valence-corrected chi connectivity index (χ0v) is 14.0. The molecule has 3 atom stereocenters. The Morgan fingerprint density at radius 1 is 1.21 bits per heavy atom. The third kappa shape index (κ3) is 3.07. The van der Waals surface area contributed by atoms with Gasteiger partial charge in [-0.1, -0.05) is 55.5 Å². The Bertz CT molecular complexity index is 752. The highest BCUT2D eigenvalue weighted by Gasteiger charge is 2.57. The number of carboxylic acids is 2. The van der Waals surface area contributed by atoms with E-state index in [2.05, 4.69) is 0 Å². The molecule has 0 amide bonds. The highest BCUT2D eigenvalue weighted by Crippen LogP contribution is 2.61. The van der Waals surface area contributed by atoms with Gasteiger partial charge in [0, 0.05) is 17.7 Å².